The van der Waals surface area contributed by atoms with Crippen molar-refractivity contribution in [2.24, 2.45) is 0 Å². The van der Waals surface area contributed by atoms with Crippen LogP contribution in [0.5, 0.6) is 0 Å². The number of aldehydes is 1. The third kappa shape index (κ3) is 13.5. The van der Waals surface area contributed by atoms with Gasteiger partial charge in [0.2, 0.25) is 0 Å². The molecule has 0 heterocycles. The van der Waals surface area contributed by atoms with E-state index in [4.69, 9.17) is 0 Å². The van der Waals surface area contributed by atoms with Gasteiger partial charge in [-0.05, 0) is 18.9 Å². The van der Waals surface area contributed by atoms with Crippen LogP contribution in [0.2, 0.25) is 0 Å². The Labute approximate surface area is 133 Å². The fourth-order valence-corrected chi connectivity index (χ4v) is 1.88. The van der Waals surface area contributed by atoms with E-state index in [2.05, 4.69) is 13.0 Å². The Morgan fingerprint density at radius 2 is 1.77 bits per heavy atom. The molecule has 2 atom stereocenters. The van der Waals surface area contributed by atoms with Gasteiger partial charge < -0.3 is 15.0 Å². The topological polar surface area (TPSA) is 74.6 Å². The van der Waals surface area contributed by atoms with Crippen molar-refractivity contribution in [3.63, 3.8) is 0 Å². The summed E-state index contributed by atoms with van der Waals surface area (Å²) in [5, 5.41) is 18.9. The zero-order valence-electron chi connectivity index (χ0n) is 13.4. The van der Waals surface area contributed by atoms with Gasteiger partial charge in [0.1, 0.15) is 6.29 Å². The van der Waals surface area contributed by atoms with Crippen LogP contribution < -0.4 is 0 Å². The standard InChI is InChI=1S/C18H28O4/c1-2-3-4-5-6-7-8-9-10-11-16(20)14-18(22)15-17(21)12-13-19/h6-11,13,17-18,21-22H,2-5,12,14-15H2,1H3/b7-6+,9-8+,11-10+/t17-,18+/m0/s1. The zero-order chi connectivity index (χ0) is 16.6. The molecule has 0 unspecified atom stereocenters. The minimum Gasteiger partial charge on any atom is -0.393 e. The minimum absolute atomic E-state index is 0.0194. The Hall–Kier alpha value is -1.52. The molecule has 0 aromatic heterocycles. The van der Waals surface area contributed by atoms with Gasteiger partial charge in [-0.15, -0.1) is 0 Å². The molecule has 0 rings (SSSR count). The number of ketones is 1. The summed E-state index contributed by atoms with van der Waals surface area (Å²) in [7, 11) is 0. The van der Waals surface area contributed by atoms with Crippen LogP contribution in [-0.2, 0) is 9.59 Å². The third-order valence-corrected chi connectivity index (χ3v) is 3.08. The predicted molar refractivity (Wildman–Crippen MR) is 88.5 cm³/mol. The highest BCUT2D eigenvalue weighted by molar-refractivity contribution is 5.90. The number of carbonyl (C=O) groups excluding carboxylic acids is 2. The third-order valence-electron chi connectivity index (χ3n) is 3.08. The van der Waals surface area contributed by atoms with E-state index in [1.807, 2.05) is 12.2 Å². The molecule has 0 aliphatic rings. The molecule has 0 amide bonds. The van der Waals surface area contributed by atoms with Gasteiger partial charge in [0.15, 0.2) is 5.78 Å². The Bertz CT molecular complexity index is 383. The number of aliphatic hydroxyl groups is 2. The van der Waals surface area contributed by atoms with Crippen molar-refractivity contribution < 1.29 is 19.8 Å². The van der Waals surface area contributed by atoms with Gasteiger partial charge in [-0.2, -0.15) is 0 Å². The van der Waals surface area contributed by atoms with Gasteiger partial charge >= 0.3 is 0 Å². The number of rotatable bonds is 13. The van der Waals surface area contributed by atoms with Gasteiger partial charge in [-0.25, -0.2) is 0 Å². The van der Waals surface area contributed by atoms with E-state index in [1.165, 1.54) is 25.3 Å². The zero-order valence-corrected chi connectivity index (χ0v) is 13.4. The van der Waals surface area contributed by atoms with Crippen molar-refractivity contribution in [2.75, 3.05) is 0 Å². The van der Waals surface area contributed by atoms with Crippen LogP contribution in [0.1, 0.15) is 51.9 Å². The molecule has 4 heteroatoms. The first-order valence-electron chi connectivity index (χ1n) is 7.92. The molecule has 4 nitrogen and oxygen atoms in total. The average molecular weight is 308 g/mol. The molecule has 22 heavy (non-hydrogen) atoms. The first-order valence-corrected chi connectivity index (χ1v) is 7.92. The van der Waals surface area contributed by atoms with Crippen molar-refractivity contribution in [3.05, 3.63) is 36.5 Å². The maximum absolute atomic E-state index is 11.6. The SMILES string of the molecule is CCCCC/C=C/C=C/C=C/C(=O)C[C@@H](O)C[C@@H](O)CC=O. The van der Waals surface area contributed by atoms with Gasteiger partial charge in [0, 0.05) is 19.3 Å². The van der Waals surface area contributed by atoms with Crippen molar-refractivity contribution >= 4 is 12.1 Å². The van der Waals surface area contributed by atoms with Crippen LogP contribution in [0, 0.1) is 0 Å². The molecule has 0 saturated heterocycles. The Kier molecular flexibility index (Phi) is 13.4. The van der Waals surface area contributed by atoms with Crippen LogP contribution >= 0.6 is 0 Å². The molecule has 0 bridgehead atoms. The van der Waals surface area contributed by atoms with E-state index in [1.54, 1.807) is 12.2 Å². The summed E-state index contributed by atoms with van der Waals surface area (Å²) in [6, 6.07) is 0. The van der Waals surface area contributed by atoms with Crippen LogP contribution in [0.4, 0.5) is 0 Å². The summed E-state index contributed by atoms with van der Waals surface area (Å²) < 4.78 is 0. The molecular weight excluding hydrogens is 280 g/mol. The maximum Gasteiger partial charge on any atom is 0.158 e. The van der Waals surface area contributed by atoms with Gasteiger partial charge in [-0.1, -0.05) is 50.1 Å². The van der Waals surface area contributed by atoms with E-state index in [0.717, 1.165) is 6.42 Å². The van der Waals surface area contributed by atoms with Crippen LogP contribution in [-0.4, -0.2) is 34.5 Å². The molecule has 0 aromatic rings. The molecule has 0 spiro atoms. The Morgan fingerprint density at radius 3 is 2.45 bits per heavy atom. The number of unbranched alkanes of at least 4 members (excludes halogenated alkanes) is 3. The monoisotopic (exact) mass is 308 g/mol. The van der Waals surface area contributed by atoms with Gasteiger partial charge in [-0.3, -0.25) is 4.79 Å². The molecule has 124 valence electrons. The highest BCUT2D eigenvalue weighted by Gasteiger charge is 2.13. The van der Waals surface area contributed by atoms with Crippen molar-refractivity contribution in [1.82, 2.24) is 0 Å². The van der Waals surface area contributed by atoms with E-state index < -0.39 is 12.2 Å². The molecule has 0 aliphatic carbocycles. The minimum atomic E-state index is -0.922. The smallest absolute Gasteiger partial charge is 0.158 e. The maximum atomic E-state index is 11.6. The lowest BCUT2D eigenvalue weighted by molar-refractivity contribution is -0.116. The Balaban J connectivity index is 3.88. The second kappa shape index (κ2) is 14.4. The van der Waals surface area contributed by atoms with Crippen LogP contribution in [0.25, 0.3) is 0 Å². The highest BCUT2D eigenvalue weighted by atomic mass is 16.3. The molecule has 0 radical (unpaired) electrons. The first-order chi connectivity index (χ1) is 10.6. The molecule has 0 fully saturated rings. The summed E-state index contributed by atoms with van der Waals surface area (Å²) in [5.41, 5.74) is 0. The summed E-state index contributed by atoms with van der Waals surface area (Å²) in [6.45, 7) is 2.17. The summed E-state index contributed by atoms with van der Waals surface area (Å²) >= 11 is 0. The summed E-state index contributed by atoms with van der Waals surface area (Å²) in [5.74, 6) is -0.206. The molecule has 0 aliphatic heterocycles. The molecule has 0 aromatic carbocycles. The largest absolute Gasteiger partial charge is 0.393 e. The van der Waals surface area contributed by atoms with Crippen molar-refractivity contribution in [1.29, 1.82) is 0 Å². The summed E-state index contributed by atoms with van der Waals surface area (Å²) in [4.78, 5) is 21.7. The van der Waals surface area contributed by atoms with Gasteiger partial charge in [0.05, 0.1) is 12.2 Å². The first kappa shape index (κ1) is 20.5. The van der Waals surface area contributed by atoms with Gasteiger partial charge in [0.25, 0.3) is 0 Å². The normalized spacial score (nSPS) is 14.9. The second-order valence-electron chi connectivity index (χ2n) is 5.28. The summed E-state index contributed by atoms with van der Waals surface area (Å²) in [6.07, 6.45) is 14.2. The lowest BCUT2D eigenvalue weighted by atomic mass is 10.0. The van der Waals surface area contributed by atoms with Crippen LogP contribution in [0.3, 0.4) is 0 Å². The van der Waals surface area contributed by atoms with Crippen LogP contribution in [0.15, 0.2) is 36.5 Å². The number of hydrogen-bond donors (Lipinski definition) is 2. The predicted octanol–water partition coefficient (Wildman–Crippen LogP) is 2.90. The molecular formula is C18H28O4. The van der Waals surface area contributed by atoms with E-state index >= 15 is 0 Å². The lowest BCUT2D eigenvalue weighted by Gasteiger charge is -2.11. The number of carbonyl (C=O) groups is 2. The highest BCUT2D eigenvalue weighted by Crippen LogP contribution is 2.06. The Morgan fingerprint density at radius 1 is 1.05 bits per heavy atom. The molecule has 2 N–H and O–H groups in total. The van der Waals surface area contributed by atoms with Crippen molar-refractivity contribution in [2.45, 2.75) is 64.1 Å². The molecule has 0 saturated carbocycles. The van der Waals surface area contributed by atoms with E-state index in [0.29, 0.717) is 6.29 Å². The lowest BCUT2D eigenvalue weighted by Crippen LogP contribution is -2.20. The average Bonchev–Trinajstić information content (AvgIpc) is 2.45. The fraction of sp³-hybridized carbons (Fsp3) is 0.556. The van der Waals surface area contributed by atoms with Crippen molar-refractivity contribution in [3.8, 4) is 0 Å². The number of allylic oxidation sites excluding steroid dienone is 6. The quantitative estimate of drug-likeness (QED) is 0.237. The van der Waals surface area contributed by atoms with E-state index in [-0.39, 0.29) is 25.0 Å². The second-order valence-corrected chi connectivity index (χ2v) is 5.28. The van der Waals surface area contributed by atoms with E-state index in [9.17, 15) is 19.8 Å². The fourth-order valence-electron chi connectivity index (χ4n) is 1.88. The number of aliphatic hydroxyl groups excluding tert-OH is 2. The number of hydrogen-bond acceptors (Lipinski definition) is 4.